The topological polar surface area (TPSA) is 98.5 Å². The van der Waals surface area contributed by atoms with Crippen LogP contribution in [-0.2, 0) is 15.9 Å². The Morgan fingerprint density at radius 3 is 2.86 bits per heavy atom. The van der Waals surface area contributed by atoms with E-state index in [9.17, 15) is 9.90 Å². The molecule has 3 heterocycles. The fourth-order valence-corrected chi connectivity index (χ4v) is 3.56. The van der Waals surface area contributed by atoms with Gasteiger partial charge in [0.1, 0.15) is 17.7 Å². The third kappa shape index (κ3) is 4.50. The predicted octanol–water partition coefficient (Wildman–Crippen LogP) is 3.55. The van der Waals surface area contributed by atoms with Crippen molar-refractivity contribution in [3.8, 4) is 0 Å². The molecule has 0 bridgehead atoms. The number of hydrogen-bond acceptors (Lipinski definition) is 6. The first-order chi connectivity index (χ1) is 14.1. The maximum atomic E-state index is 12.2. The molecule has 8 nitrogen and oxygen atoms in total. The van der Waals surface area contributed by atoms with Gasteiger partial charge in [-0.3, -0.25) is 5.32 Å². The molecule has 1 amide bonds. The zero-order valence-electron chi connectivity index (χ0n) is 15.6. The van der Waals surface area contributed by atoms with Crippen molar-refractivity contribution >= 4 is 34.5 Å². The fourth-order valence-electron chi connectivity index (χ4n) is 3.40. The molecule has 0 unspecified atom stereocenters. The summed E-state index contributed by atoms with van der Waals surface area (Å²) in [6.45, 7) is 0.227. The van der Waals surface area contributed by atoms with Gasteiger partial charge in [-0.05, 0) is 36.1 Å². The summed E-state index contributed by atoms with van der Waals surface area (Å²) in [6.07, 6.45) is 2.90. The van der Waals surface area contributed by atoms with E-state index in [4.69, 9.17) is 21.1 Å². The molecule has 1 aliphatic rings. The van der Waals surface area contributed by atoms with Crippen LogP contribution in [0.2, 0.25) is 5.28 Å². The lowest BCUT2D eigenvalue weighted by Gasteiger charge is -2.15. The number of rotatable bonds is 6. The molecule has 0 radical (unpaired) electrons. The van der Waals surface area contributed by atoms with Gasteiger partial charge >= 0.3 is 6.09 Å². The third-order valence-corrected chi connectivity index (χ3v) is 5.00. The highest BCUT2D eigenvalue weighted by Crippen LogP contribution is 2.33. The average molecular weight is 417 g/mol. The highest BCUT2D eigenvalue weighted by atomic mass is 35.5. The molecular weight excluding hydrogens is 396 g/mol. The molecule has 9 heteroatoms. The van der Waals surface area contributed by atoms with Crippen molar-refractivity contribution in [2.75, 3.05) is 18.5 Å². The molecule has 1 aliphatic heterocycles. The smallest absolute Gasteiger partial charge is 0.412 e. The summed E-state index contributed by atoms with van der Waals surface area (Å²) in [5.74, 6) is 0.278. The fraction of sp³-hybridized carbons (Fsp3) is 0.350. The van der Waals surface area contributed by atoms with Gasteiger partial charge < -0.3 is 19.1 Å². The number of aliphatic hydroxyl groups excluding tert-OH is 1. The van der Waals surface area contributed by atoms with E-state index in [2.05, 4.69) is 15.3 Å². The molecule has 0 saturated carbocycles. The van der Waals surface area contributed by atoms with Crippen molar-refractivity contribution in [2.24, 2.45) is 0 Å². The van der Waals surface area contributed by atoms with E-state index >= 15 is 0 Å². The Labute approximate surface area is 172 Å². The largest absolute Gasteiger partial charge is 0.449 e. The predicted molar refractivity (Wildman–Crippen MR) is 108 cm³/mol. The van der Waals surface area contributed by atoms with E-state index in [0.717, 1.165) is 18.4 Å². The molecular formula is C20H21ClN4O4. The number of carbonyl (C=O) groups is 1. The van der Waals surface area contributed by atoms with Crippen LogP contribution < -0.4 is 5.32 Å². The molecule has 29 heavy (non-hydrogen) atoms. The lowest BCUT2D eigenvalue weighted by Crippen LogP contribution is -2.17. The van der Waals surface area contributed by atoms with Gasteiger partial charge in [0.15, 0.2) is 0 Å². The second-order valence-corrected chi connectivity index (χ2v) is 7.11. The minimum absolute atomic E-state index is 0.00809. The van der Waals surface area contributed by atoms with Crippen LogP contribution in [0.3, 0.4) is 0 Å². The molecule has 1 saturated heterocycles. The average Bonchev–Trinajstić information content (AvgIpc) is 3.35. The third-order valence-electron chi connectivity index (χ3n) is 4.83. The summed E-state index contributed by atoms with van der Waals surface area (Å²) in [5.41, 5.74) is 1.63. The number of ether oxygens (including phenoxy) is 2. The number of anilines is 1. The second kappa shape index (κ2) is 8.77. The highest BCUT2D eigenvalue weighted by Gasteiger charge is 2.27. The highest BCUT2D eigenvalue weighted by molar-refractivity contribution is 6.28. The quantitative estimate of drug-likeness (QED) is 0.596. The van der Waals surface area contributed by atoms with Crippen LogP contribution in [0.1, 0.15) is 24.6 Å². The number of benzene rings is 1. The van der Waals surface area contributed by atoms with Gasteiger partial charge in [0.2, 0.25) is 5.28 Å². The summed E-state index contributed by atoms with van der Waals surface area (Å²) in [5, 5.41) is 12.6. The maximum absolute atomic E-state index is 12.2. The van der Waals surface area contributed by atoms with Crippen LogP contribution in [0, 0.1) is 0 Å². The Morgan fingerprint density at radius 2 is 2.10 bits per heavy atom. The molecule has 4 rings (SSSR count). The number of nitrogens with one attached hydrogen (secondary N) is 1. The monoisotopic (exact) mass is 416 g/mol. The maximum Gasteiger partial charge on any atom is 0.412 e. The van der Waals surface area contributed by atoms with Crippen LogP contribution in [0.15, 0.2) is 42.6 Å². The zero-order valence-corrected chi connectivity index (χ0v) is 16.4. The number of amides is 1. The Hall–Kier alpha value is -2.68. The Balaban J connectivity index is 1.45. The van der Waals surface area contributed by atoms with E-state index in [0.29, 0.717) is 17.5 Å². The summed E-state index contributed by atoms with van der Waals surface area (Å²) in [4.78, 5) is 20.6. The Kier molecular flexibility index (Phi) is 5.94. The molecule has 2 atom stereocenters. The van der Waals surface area contributed by atoms with Crippen LogP contribution in [-0.4, -0.2) is 45.1 Å². The molecule has 0 spiro atoms. The number of carbonyl (C=O) groups excluding carboxylic acids is 1. The molecule has 0 aliphatic carbocycles. The number of aliphatic hydroxyl groups is 1. The van der Waals surface area contributed by atoms with Crippen molar-refractivity contribution in [3.63, 3.8) is 0 Å². The number of fused-ring (bicyclic) bond motifs is 1. The first-order valence-electron chi connectivity index (χ1n) is 9.42. The zero-order chi connectivity index (χ0) is 20.2. The first-order valence-corrected chi connectivity index (χ1v) is 9.80. The van der Waals surface area contributed by atoms with Crippen molar-refractivity contribution in [1.82, 2.24) is 14.5 Å². The van der Waals surface area contributed by atoms with Gasteiger partial charge in [-0.2, -0.15) is 9.97 Å². The Bertz CT molecular complexity index is 995. The normalized spacial score (nSPS) is 18.8. The molecule has 2 N–H and O–H groups in total. The van der Waals surface area contributed by atoms with E-state index in [1.165, 1.54) is 0 Å². The molecule has 152 valence electrons. The SMILES string of the molecule is O=C(Nc1nc(Cl)nc2c1ccn2[C@H]1CC[C@@H](CO)O1)OCCc1ccccc1. The standard InChI is InChI=1S/C20H21ClN4O4/c21-19-22-17(23-20(27)28-11-9-13-4-2-1-3-5-13)15-8-10-25(18(15)24-19)16-7-6-14(12-26)29-16/h1-5,8,10,14,16,26H,6-7,9,11-12H2,(H,22,23,24,27)/t14-,16+/m0/s1. The van der Waals surface area contributed by atoms with E-state index in [1.54, 1.807) is 6.07 Å². The van der Waals surface area contributed by atoms with Gasteiger partial charge in [-0.1, -0.05) is 30.3 Å². The minimum Gasteiger partial charge on any atom is -0.449 e. The lowest BCUT2D eigenvalue weighted by molar-refractivity contribution is -0.0204. The van der Waals surface area contributed by atoms with Crippen LogP contribution in [0.5, 0.6) is 0 Å². The van der Waals surface area contributed by atoms with E-state index < -0.39 is 6.09 Å². The van der Waals surface area contributed by atoms with Gasteiger partial charge in [-0.15, -0.1) is 0 Å². The summed E-state index contributed by atoms with van der Waals surface area (Å²) >= 11 is 6.07. The van der Waals surface area contributed by atoms with Crippen LogP contribution in [0.4, 0.5) is 10.6 Å². The van der Waals surface area contributed by atoms with Crippen molar-refractivity contribution < 1.29 is 19.4 Å². The first kappa shape index (κ1) is 19.6. The molecule has 1 fully saturated rings. The van der Waals surface area contributed by atoms with Gasteiger partial charge in [-0.25, -0.2) is 4.79 Å². The summed E-state index contributed by atoms with van der Waals surface area (Å²) in [7, 11) is 0. The lowest BCUT2D eigenvalue weighted by atomic mass is 10.2. The van der Waals surface area contributed by atoms with Crippen molar-refractivity contribution in [1.29, 1.82) is 0 Å². The minimum atomic E-state index is -0.609. The van der Waals surface area contributed by atoms with Gasteiger partial charge in [0.25, 0.3) is 0 Å². The van der Waals surface area contributed by atoms with E-state index in [-0.39, 0.29) is 36.6 Å². The number of nitrogens with zero attached hydrogens (tertiary/aromatic N) is 3. The van der Waals surface area contributed by atoms with Crippen LogP contribution in [0.25, 0.3) is 11.0 Å². The van der Waals surface area contributed by atoms with Crippen LogP contribution >= 0.6 is 11.6 Å². The van der Waals surface area contributed by atoms with Gasteiger partial charge in [0.05, 0.1) is 24.7 Å². The molecule has 3 aromatic rings. The number of hydrogen-bond donors (Lipinski definition) is 2. The van der Waals surface area contributed by atoms with Crippen molar-refractivity contribution in [2.45, 2.75) is 31.6 Å². The summed E-state index contributed by atoms with van der Waals surface area (Å²) < 4.78 is 12.9. The Morgan fingerprint density at radius 1 is 1.28 bits per heavy atom. The summed E-state index contributed by atoms with van der Waals surface area (Å²) in [6, 6.07) is 11.6. The second-order valence-electron chi connectivity index (χ2n) is 6.77. The molecule has 1 aromatic carbocycles. The van der Waals surface area contributed by atoms with Crippen molar-refractivity contribution in [3.05, 3.63) is 53.4 Å². The molecule has 2 aromatic heterocycles. The van der Waals surface area contributed by atoms with E-state index in [1.807, 2.05) is 41.1 Å². The number of aromatic nitrogens is 3. The van der Waals surface area contributed by atoms with Gasteiger partial charge in [0, 0.05) is 12.6 Å². The number of halogens is 1.